The molecule has 3 nitrogen and oxygen atoms in total. The minimum atomic E-state index is -0.852. The number of anilines is 1. The van der Waals surface area contributed by atoms with Crippen molar-refractivity contribution in [2.45, 2.75) is 13.0 Å². The highest BCUT2D eigenvalue weighted by molar-refractivity contribution is 6.36. The van der Waals surface area contributed by atoms with Crippen LogP contribution < -0.4 is 10.1 Å². The summed E-state index contributed by atoms with van der Waals surface area (Å²) in [7, 11) is 0. The van der Waals surface area contributed by atoms with Crippen molar-refractivity contribution in [3.63, 3.8) is 0 Å². The van der Waals surface area contributed by atoms with Gasteiger partial charge in [0.2, 0.25) is 0 Å². The van der Waals surface area contributed by atoms with Crippen LogP contribution in [0.2, 0.25) is 15.1 Å². The Morgan fingerprint density at radius 1 is 1.14 bits per heavy atom. The number of amides is 1. The van der Waals surface area contributed by atoms with Crippen molar-refractivity contribution in [1.82, 2.24) is 0 Å². The molecule has 0 saturated heterocycles. The molecule has 0 fully saturated rings. The molecule has 1 unspecified atom stereocenters. The van der Waals surface area contributed by atoms with E-state index in [2.05, 4.69) is 5.32 Å². The Bertz CT molecular complexity index is 709. The Balaban J connectivity index is 2.05. The molecule has 1 amide bonds. The number of carbonyl (C=O) groups is 1. The second-order valence-electron chi connectivity index (χ2n) is 4.45. The van der Waals surface area contributed by atoms with Crippen molar-refractivity contribution >= 4 is 46.4 Å². The molecule has 0 aliphatic rings. The molecule has 22 heavy (non-hydrogen) atoms. The van der Waals surface area contributed by atoms with E-state index in [0.29, 0.717) is 15.7 Å². The van der Waals surface area contributed by atoms with Gasteiger partial charge in [-0.05, 0) is 43.3 Å². The first kappa shape index (κ1) is 16.9. The third-order valence-corrected chi connectivity index (χ3v) is 3.60. The number of ether oxygens (including phenoxy) is 1. The molecule has 7 heteroatoms. The predicted molar refractivity (Wildman–Crippen MR) is 86.6 cm³/mol. The van der Waals surface area contributed by atoms with Gasteiger partial charge in [-0.1, -0.05) is 34.8 Å². The number of hydrogen-bond donors (Lipinski definition) is 1. The number of benzene rings is 2. The average molecular weight is 363 g/mol. The van der Waals surface area contributed by atoms with Gasteiger partial charge in [-0.25, -0.2) is 4.39 Å². The monoisotopic (exact) mass is 361 g/mol. The maximum atomic E-state index is 13.0. The highest BCUT2D eigenvalue weighted by Crippen LogP contribution is 2.27. The summed E-state index contributed by atoms with van der Waals surface area (Å²) >= 11 is 17.6. The molecule has 0 spiro atoms. The fraction of sp³-hybridized carbons (Fsp3) is 0.133. The van der Waals surface area contributed by atoms with Gasteiger partial charge in [-0.3, -0.25) is 4.79 Å². The van der Waals surface area contributed by atoms with Crippen LogP contribution in [0.5, 0.6) is 5.75 Å². The molecule has 0 aromatic heterocycles. The van der Waals surface area contributed by atoms with Crippen LogP contribution in [0.1, 0.15) is 6.92 Å². The number of halogens is 4. The summed E-state index contributed by atoms with van der Waals surface area (Å²) in [6, 6.07) is 8.36. The molecule has 0 bridgehead atoms. The summed E-state index contributed by atoms with van der Waals surface area (Å²) in [5.41, 5.74) is 0.414. The van der Waals surface area contributed by atoms with Crippen LogP contribution in [0.15, 0.2) is 36.4 Å². The lowest BCUT2D eigenvalue weighted by atomic mass is 10.3. The second kappa shape index (κ2) is 7.18. The summed E-state index contributed by atoms with van der Waals surface area (Å²) in [4.78, 5) is 12.1. The zero-order valence-corrected chi connectivity index (χ0v) is 13.6. The van der Waals surface area contributed by atoms with Gasteiger partial charge in [0.05, 0.1) is 15.7 Å². The van der Waals surface area contributed by atoms with E-state index in [1.807, 2.05) is 0 Å². The lowest BCUT2D eigenvalue weighted by Crippen LogP contribution is -2.30. The minimum Gasteiger partial charge on any atom is -0.479 e. The third kappa shape index (κ3) is 4.26. The van der Waals surface area contributed by atoms with Crippen molar-refractivity contribution in [3.05, 3.63) is 57.3 Å². The Hall–Kier alpha value is -1.49. The maximum Gasteiger partial charge on any atom is 0.265 e. The standard InChI is InChI=1S/C15H11Cl3FNO2/c1-8(22-14-5-3-10(19)7-12(14)18)15(21)20-13-4-2-9(16)6-11(13)17/h2-8H,1H3,(H,20,21). The Morgan fingerprint density at radius 2 is 1.86 bits per heavy atom. The van der Waals surface area contributed by atoms with Gasteiger partial charge < -0.3 is 10.1 Å². The number of hydrogen-bond acceptors (Lipinski definition) is 2. The van der Waals surface area contributed by atoms with Crippen LogP contribution in [-0.2, 0) is 4.79 Å². The van der Waals surface area contributed by atoms with Crippen molar-refractivity contribution < 1.29 is 13.9 Å². The molecule has 1 N–H and O–H groups in total. The number of nitrogens with one attached hydrogen (secondary N) is 1. The van der Waals surface area contributed by atoms with E-state index in [-0.39, 0.29) is 10.8 Å². The smallest absolute Gasteiger partial charge is 0.265 e. The fourth-order valence-corrected chi connectivity index (χ4v) is 2.31. The van der Waals surface area contributed by atoms with Crippen LogP contribution in [-0.4, -0.2) is 12.0 Å². The van der Waals surface area contributed by atoms with Crippen molar-refractivity contribution in [3.8, 4) is 5.75 Å². The molecule has 2 rings (SSSR count). The zero-order chi connectivity index (χ0) is 16.3. The first-order valence-electron chi connectivity index (χ1n) is 6.24. The largest absolute Gasteiger partial charge is 0.479 e. The van der Waals surface area contributed by atoms with E-state index in [4.69, 9.17) is 39.5 Å². The molecular formula is C15H11Cl3FNO2. The maximum absolute atomic E-state index is 13.0. The van der Waals surface area contributed by atoms with E-state index >= 15 is 0 Å². The lowest BCUT2D eigenvalue weighted by Gasteiger charge is -2.16. The summed E-state index contributed by atoms with van der Waals surface area (Å²) in [5, 5.41) is 3.48. The summed E-state index contributed by atoms with van der Waals surface area (Å²) < 4.78 is 18.4. The van der Waals surface area contributed by atoms with Crippen molar-refractivity contribution in [2.75, 3.05) is 5.32 Å². The third-order valence-electron chi connectivity index (χ3n) is 2.76. The van der Waals surface area contributed by atoms with Gasteiger partial charge in [0.15, 0.2) is 6.10 Å². The highest BCUT2D eigenvalue weighted by Gasteiger charge is 2.17. The molecule has 1 atom stereocenters. The van der Waals surface area contributed by atoms with Gasteiger partial charge in [-0.15, -0.1) is 0 Å². The molecule has 0 saturated carbocycles. The number of carbonyl (C=O) groups excluding carboxylic acids is 1. The molecule has 2 aromatic carbocycles. The van der Waals surface area contributed by atoms with Gasteiger partial charge in [0, 0.05) is 5.02 Å². The fourth-order valence-electron chi connectivity index (χ4n) is 1.64. The van der Waals surface area contributed by atoms with Gasteiger partial charge in [0.1, 0.15) is 11.6 Å². The summed E-state index contributed by atoms with van der Waals surface area (Å²) in [5.74, 6) is -0.695. The van der Waals surface area contributed by atoms with Gasteiger partial charge >= 0.3 is 0 Å². The molecular weight excluding hydrogens is 352 g/mol. The molecule has 116 valence electrons. The normalized spacial score (nSPS) is 11.9. The first-order valence-corrected chi connectivity index (χ1v) is 7.38. The minimum absolute atomic E-state index is 0.0872. The topological polar surface area (TPSA) is 38.3 Å². The molecule has 0 aliphatic carbocycles. The predicted octanol–water partition coefficient (Wildman–Crippen LogP) is 5.19. The molecule has 0 heterocycles. The van der Waals surface area contributed by atoms with Crippen LogP contribution in [0.3, 0.4) is 0 Å². The lowest BCUT2D eigenvalue weighted by molar-refractivity contribution is -0.122. The van der Waals surface area contributed by atoms with Crippen molar-refractivity contribution in [2.24, 2.45) is 0 Å². The Labute approximate surface area is 141 Å². The summed E-state index contributed by atoms with van der Waals surface area (Å²) in [6.45, 7) is 1.54. The highest BCUT2D eigenvalue weighted by atomic mass is 35.5. The second-order valence-corrected chi connectivity index (χ2v) is 5.70. The zero-order valence-electron chi connectivity index (χ0n) is 11.4. The first-order chi connectivity index (χ1) is 10.4. The Morgan fingerprint density at radius 3 is 2.50 bits per heavy atom. The Kier molecular flexibility index (Phi) is 5.51. The van der Waals surface area contributed by atoms with E-state index in [1.54, 1.807) is 19.1 Å². The van der Waals surface area contributed by atoms with Gasteiger partial charge in [-0.2, -0.15) is 0 Å². The summed E-state index contributed by atoms with van der Waals surface area (Å²) in [6.07, 6.45) is -0.852. The molecule has 0 radical (unpaired) electrons. The van der Waals surface area contributed by atoms with E-state index in [9.17, 15) is 9.18 Å². The molecule has 0 aliphatic heterocycles. The van der Waals surface area contributed by atoms with Crippen molar-refractivity contribution in [1.29, 1.82) is 0 Å². The van der Waals surface area contributed by atoms with Gasteiger partial charge in [0.25, 0.3) is 5.91 Å². The SMILES string of the molecule is CC(Oc1ccc(F)cc1Cl)C(=O)Nc1ccc(Cl)cc1Cl. The van der Waals surface area contributed by atoms with E-state index in [1.165, 1.54) is 18.2 Å². The van der Waals surface area contributed by atoms with Crippen LogP contribution in [0.25, 0.3) is 0 Å². The number of rotatable bonds is 4. The van der Waals surface area contributed by atoms with Crippen LogP contribution >= 0.6 is 34.8 Å². The quantitative estimate of drug-likeness (QED) is 0.812. The molecule has 2 aromatic rings. The van der Waals surface area contributed by atoms with E-state index in [0.717, 1.165) is 6.07 Å². The van der Waals surface area contributed by atoms with Crippen LogP contribution in [0, 0.1) is 5.82 Å². The average Bonchev–Trinajstić information content (AvgIpc) is 2.44. The van der Waals surface area contributed by atoms with E-state index < -0.39 is 17.8 Å². The van der Waals surface area contributed by atoms with Crippen LogP contribution in [0.4, 0.5) is 10.1 Å².